The number of aromatic nitrogens is 4. The van der Waals surface area contributed by atoms with Gasteiger partial charge < -0.3 is 0 Å². The van der Waals surface area contributed by atoms with Crippen molar-refractivity contribution in [2.24, 2.45) is 0 Å². The molecule has 0 saturated carbocycles. The zero-order valence-electron chi connectivity index (χ0n) is 12.4. The lowest BCUT2D eigenvalue weighted by molar-refractivity contribution is 0.133. The Hall–Kier alpha value is -1.75. The van der Waals surface area contributed by atoms with Crippen molar-refractivity contribution in [3.63, 3.8) is 0 Å². The second-order valence-corrected chi connectivity index (χ2v) is 5.70. The Morgan fingerprint density at radius 3 is 3.00 bits per heavy atom. The summed E-state index contributed by atoms with van der Waals surface area (Å²) in [4.78, 5) is 11.1. The van der Waals surface area contributed by atoms with E-state index in [0.29, 0.717) is 6.04 Å². The summed E-state index contributed by atoms with van der Waals surface area (Å²) in [6.45, 7) is 3.21. The van der Waals surface area contributed by atoms with Crippen LogP contribution < -0.4 is 0 Å². The highest BCUT2D eigenvalue weighted by Crippen LogP contribution is 2.20. The van der Waals surface area contributed by atoms with Crippen LogP contribution in [-0.4, -0.2) is 43.8 Å². The molecule has 1 aliphatic heterocycles. The summed E-state index contributed by atoms with van der Waals surface area (Å²) in [6, 6.07) is 6.87. The van der Waals surface area contributed by atoms with Gasteiger partial charge in [0.05, 0.1) is 6.54 Å². The number of rotatable bonds is 6. The Bertz CT molecular complexity index is 511. The van der Waals surface area contributed by atoms with Crippen molar-refractivity contribution in [1.29, 1.82) is 0 Å². The number of aryl methyl sites for hydroxylation is 1. The predicted molar refractivity (Wildman–Crippen MR) is 81.8 cm³/mol. The third kappa shape index (κ3) is 4.11. The topological polar surface area (TPSA) is 46.8 Å². The van der Waals surface area contributed by atoms with Crippen LogP contribution in [0.5, 0.6) is 0 Å². The van der Waals surface area contributed by atoms with Crippen molar-refractivity contribution >= 4 is 0 Å². The van der Waals surface area contributed by atoms with Gasteiger partial charge in [-0.15, -0.1) is 0 Å². The van der Waals surface area contributed by atoms with Gasteiger partial charge in [-0.25, -0.2) is 4.98 Å². The first-order valence-electron chi connectivity index (χ1n) is 7.88. The van der Waals surface area contributed by atoms with Crippen LogP contribution in [0.15, 0.2) is 37.1 Å². The molecule has 5 heteroatoms. The van der Waals surface area contributed by atoms with Crippen LogP contribution in [0.4, 0.5) is 0 Å². The fourth-order valence-electron chi connectivity index (χ4n) is 3.12. The van der Waals surface area contributed by atoms with E-state index in [1.54, 1.807) is 12.7 Å². The van der Waals surface area contributed by atoms with Crippen LogP contribution in [0.3, 0.4) is 0 Å². The molecule has 0 radical (unpaired) electrons. The van der Waals surface area contributed by atoms with Crippen LogP contribution in [0, 0.1) is 0 Å². The average molecular weight is 285 g/mol. The Morgan fingerprint density at radius 2 is 2.19 bits per heavy atom. The smallest absolute Gasteiger partial charge is 0.137 e. The maximum atomic E-state index is 4.43. The fraction of sp³-hybridized carbons (Fsp3) is 0.562. The average Bonchev–Trinajstić information content (AvgIpc) is 3.06. The molecule has 3 rings (SSSR count). The van der Waals surface area contributed by atoms with Crippen molar-refractivity contribution < 1.29 is 0 Å². The van der Waals surface area contributed by atoms with Gasteiger partial charge in [-0.05, 0) is 44.4 Å². The van der Waals surface area contributed by atoms with Gasteiger partial charge >= 0.3 is 0 Å². The number of pyridine rings is 1. The summed E-state index contributed by atoms with van der Waals surface area (Å²) in [7, 11) is 0. The Morgan fingerprint density at radius 1 is 1.19 bits per heavy atom. The molecule has 0 aliphatic carbocycles. The van der Waals surface area contributed by atoms with Crippen molar-refractivity contribution in [2.45, 2.75) is 44.7 Å². The number of piperidine rings is 1. The summed E-state index contributed by atoms with van der Waals surface area (Å²) < 4.78 is 1.92. The lowest BCUT2D eigenvalue weighted by atomic mass is 9.97. The monoisotopic (exact) mass is 285 g/mol. The van der Waals surface area contributed by atoms with Gasteiger partial charge in [0.25, 0.3) is 0 Å². The first-order valence-corrected chi connectivity index (χ1v) is 7.88. The fourth-order valence-corrected chi connectivity index (χ4v) is 3.12. The normalized spacial score (nSPS) is 19.7. The third-order valence-electron chi connectivity index (χ3n) is 4.29. The van der Waals surface area contributed by atoms with Crippen LogP contribution in [0.25, 0.3) is 0 Å². The standard InChI is InChI=1S/C16H23N5/c1-3-9-18-15(5-1)7-8-16-6-2-4-10-20(16)11-12-21-14-17-13-19-21/h1,3,5,9,13-14,16H,2,4,6-8,10-12H2/t16-/m1/s1. The minimum Gasteiger partial charge on any atom is -0.299 e. The van der Waals surface area contributed by atoms with Crippen molar-refractivity contribution in [2.75, 3.05) is 13.1 Å². The third-order valence-corrected chi connectivity index (χ3v) is 4.29. The second-order valence-electron chi connectivity index (χ2n) is 5.70. The Balaban J connectivity index is 1.51. The van der Waals surface area contributed by atoms with E-state index in [9.17, 15) is 0 Å². The van der Waals surface area contributed by atoms with E-state index in [2.05, 4.69) is 32.1 Å². The van der Waals surface area contributed by atoms with Crippen LogP contribution >= 0.6 is 0 Å². The van der Waals surface area contributed by atoms with E-state index in [0.717, 1.165) is 19.5 Å². The van der Waals surface area contributed by atoms with E-state index in [1.807, 2.05) is 16.9 Å². The van der Waals surface area contributed by atoms with Crippen molar-refractivity contribution in [3.05, 3.63) is 42.7 Å². The minimum atomic E-state index is 0.685. The lowest BCUT2D eigenvalue weighted by Crippen LogP contribution is -2.41. The molecule has 2 aromatic heterocycles. The van der Waals surface area contributed by atoms with Gasteiger partial charge in [0.15, 0.2) is 0 Å². The first kappa shape index (κ1) is 14.2. The van der Waals surface area contributed by atoms with E-state index in [4.69, 9.17) is 0 Å². The molecule has 0 aromatic carbocycles. The molecule has 0 amide bonds. The van der Waals surface area contributed by atoms with Crippen molar-refractivity contribution in [1.82, 2.24) is 24.6 Å². The number of hydrogen-bond donors (Lipinski definition) is 0. The van der Waals surface area contributed by atoms with Crippen molar-refractivity contribution in [3.8, 4) is 0 Å². The summed E-state index contributed by atoms with van der Waals surface area (Å²) in [5.74, 6) is 0. The van der Waals surface area contributed by atoms with Gasteiger partial charge in [-0.1, -0.05) is 12.5 Å². The molecule has 0 unspecified atom stereocenters. The second kappa shape index (κ2) is 7.31. The maximum Gasteiger partial charge on any atom is 0.137 e. The van der Waals surface area contributed by atoms with Gasteiger partial charge in [-0.3, -0.25) is 14.6 Å². The first-order chi connectivity index (χ1) is 10.4. The molecule has 21 heavy (non-hydrogen) atoms. The molecule has 2 aromatic rings. The molecular weight excluding hydrogens is 262 g/mol. The van der Waals surface area contributed by atoms with Gasteiger partial charge in [-0.2, -0.15) is 5.10 Å². The minimum absolute atomic E-state index is 0.685. The van der Waals surface area contributed by atoms with Crippen LogP contribution in [0.1, 0.15) is 31.4 Å². The molecule has 1 aliphatic rings. The zero-order chi connectivity index (χ0) is 14.3. The Kier molecular flexibility index (Phi) is 4.94. The maximum absolute atomic E-state index is 4.43. The molecular formula is C16H23N5. The number of nitrogens with zero attached hydrogens (tertiary/aromatic N) is 5. The highest BCUT2D eigenvalue weighted by Gasteiger charge is 2.21. The molecule has 0 N–H and O–H groups in total. The summed E-state index contributed by atoms with van der Waals surface area (Å²) in [5, 5.41) is 4.19. The number of hydrogen-bond acceptors (Lipinski definition) is 4. The molecule has 0 bridgehead atoms. The van der Waals surface area contributed by atoms with Gasteiger partial charge in [0.1, 0.15) is 12.7 Å². The van der Waals surface area contributed by atoms with E-state index < -0.39 is 0 Å². The SMILES string of the molecule is c1ccc(CC[C@H]2CCCCN2CCn2cncn2)nc1. The van der Waals surface area contributed by atoms with E-state index in [-0.39, 0.29) is 0 Å². The molecule has 3 heterocycles. The molecule has 1 fully saturated rings. The Labute approximate surface area is 126 Å². The lowest BCUT2D eigenvalue weighted by Gasteiger charge is -2.35. The molecule has 1 atom stereocenters. The van der Waals surface area contributed by atoms with E-state index >= 15 is 0 Å². The zero-order valence-corrected chi connectivity index (χ0v) is 12.4. The summed E-state index contributed by atoms with van der Waals surface area (Å²) >= 11 is 0. The van der Waals surface area contributed by atoms with Crippen LogP contribution in [0.2, 0.25) is 0 Å². The van der Waals surface area contributed by atoms with E-state index in [1.165, 1.54) is 37.9 Å². The number of likely N-dealkylation sites (tertiary alicyclic amines) is 1. The molecule has 0 spiro atoms. The summed E-state index contributed by atoms with van der Waals surface area (Å²) in [5.41, 5.74) is 1.21. The molecule has 1 saturated heterocycles. The molecule has 5 nitrogen and oxygen atoms in total. The van der Waals surface area contributed by atoms with Gasteiger partial charge in [0.2, 0.25) is 0 Å². The largest absolute Gasteiger partial charge is 0.299 e. The predicted octanol–water partition coefficient (Wildman–Crippen LogP) is 2.16. The van der Waals surface area contributed by atoms with Crippen LogP contribution in [-0.2, 0) is 13.0 Å². The molecule has 112 valence electrons. The highest BCUT2D eigenvalue weighted by molar-refractivity contribution is 5.03. The summed E-state index contributed by atoms with van der Waals surface area (Å²) in [6.07, 6.45) is 11.5. The quantitative estimate of drug-likeness (QED) is 0.816. The highest BCUT2D eigenvalue weighted by atomic mass is 15.3. The van der Waals surface area contributed by atoms with Gasteiger partial charge in [0, 0.05) is 24.5 Å².